The van der Waals surface area contributed by atoms with Gasteiger partial charge in [0.1, 0.15) is 5.75 Å². The van der Waals surface area contributed by atoms with Gasteiger partial charge in [-0.2, -0.15) is 0 Å². The van der Waals surface area contributed by atoms with Crippen molar-refractivity contribution in [3.05, 3.63) is 29.8 Å². The second kappa shape index (κ2) is 8.95. The molecule has 0 spiro atoms. The fraction of sp³-hybridized carbons (Fsp3) is 0.625. The Hall–Kier alpha value is -1.10. The number of hydrogen-bond donors (Lipinski definition) is 1. The Bertz CT molecular complexity index is 384. The predicted molar refractivity (Wildman–Crippen MR) is 83.1 cm³/mol. The lowest BCUT2D eigenvalue weighted by atomic mass is 10.0. The summed E-state index contributed by atoms with van der Waals surface area (Å²) in [7, 11) is 3.42. The Morgan fingerprint density at radius 2 is 2.05 bits per heavy atom. The normalized spacial score (nSPS) is 14.3. The van der Waals surface area contributed by atoms with Gasteiger partial charge in [0.25, 0.3) is 0 Å². The van der Waals surface area contributed by atoms with E-state index in [1.807, 2.05) is 12.1 Å². The maximum absolute atomic E-state index is 6.04. The Morgan fingerprint density at radius 3 is 2.60 bits per heavy atom. The number of methoxy groups -OCH3 is 2. The van der Waals surface area contributed by atoms with E-state index < -0.39 is 0 Å². The van der Waals surface area contributed by atoms with Gasteiger partial charge in [-0.05, 0) is 31.0 Å². The molecule has 2 unspecified atom stereocenters. The van der Waals surface area contributed by atoms with E-state index in [-0.39, 0.29) is 6.04 Å². The summed E-state index contributed by atoms with van der Waals surface area (Å²) in [6.45, 7) is 6.61. The summed E-state index contributed by atoms with van der Waals surface area (Å²) in [4.78, 5) is 2.41. The first-order valence-corrected chi connectivity index (χ1v) is 7.26. The first kappa shape index (κ1) is 17.0. The molecule has 2 atom stereocenters. The fourth-order valence-corrected chi connectivity index (χ4v) is 2.43. The summed E-state index contributed by atoms with van der Waals surface area (Å²) < 4.78 is 10.5. The average Bonchev–Trinajstić information content (AvgIpc) is 2.50. The van der Waals surface area contributed by atoms with Crippen LogP contribution in [0.25, 0.3) is 0 Å². The number of hydrogen-bond acceptors (Lipinski definition) is 4. The molecule has 1 rings (SSSR count). The van der Waals surface area contributed by atoms with Crippen LogP contribution < -0.4 is 10.5 Å². The number of nitrogens with zero attached hydrogens (tertiary/aromatic N) is 1. The Balaban J connectivity index is 2.98. The van der Waals surface area contributed by atoms with Gasteiger partial charge in [0.05, 0.1) is 13.7 Å². The molecule has 0 fully saturated rings. The molecule has 0 amide bonds. The van der Waals surface area contributed by atoms with E-state index in [1.165, 1.54) is 5.56 Å². The molecule has 4 heteroatoms. The van der Waals surface area contributed by atoms with Crippen LogP contribution in [0.15, 0.2) is 24.3 Å². The quantitative estimate of drug-likeness (QED) is 0.755. The number of rotatable bonds is 9. The second-order valence-corrected chi connectivity index (χ2v) is 5.02. The molecule has 0 aliphatic heterocycles. The standard InChI is InChI=1S/C16H28N2O2/c1-5-13(2)18(9-10-19-3)16(12-17)14-7-6-8-15(11-14)20-4/h6-8,11,13,16H,5,9-10,12,17H2,1-4H3. The molecule has 0 saturated heterocycles. The van der Waals surface area contributed by atoms with Crippen molar-refractivity contribution in [2.24, 2.45) is 5.73 Å². The van der Waals surface area contributed by atoms with E-state index in [1.54, 1.807) is 14.2 Å². The van der Waals surface area contributed by atoms with Crippen molar-refractivity contribution in [1.29, 1.82) is 0 Å². The first-order chi connectivity index (χ1) is 9.67. The molecule has 1 aromatic rings. The van der Waals surface area contributed by atoms with E-state index in [2.05, 4.69) is 30.9 Å². The molecule has 0 aliphatic carbocycles. The average molecular weight is 280 g/mol. The van der Waals surface area contributed by atoms with Crippen LogP contribution in [-0.2, 0) is 4.74 Å². The number of benzene rings is 1. The van der Waals surface area contributed by atoms with Crippen LogP contribution in [0.1, 0.15) is 31.9 Å². The third kappa shape index (κ3) is 4.47. The third-order valence-electron chi connectivity index (χ3n) is 3.81. The van der Waals surface area contributed by atoms with E-state index >= 15 is 0 Å². The van der Waals surface area contributed by atoms with Gasteiger partial charge < -0.3 is 15.2 Å². The minimum atomic E-state index is 0.190. The molecule has 0 heterocycles. The largest absolute Gasteiger partial charge is 0.497 e. The molecule has 1 aromatic carbocycles. The Kier molecular flexibility index (Phi) is 7.59. The van der Waals surface area contributed by atoms with E-state index in [4.69, 9.17) is 15.2 Å². The van der Waals surface area contributed by atoms with Crippen molar-refractivity contribution in [1.82, 2.24) is 4.90 Å². The van der Waals surface area contributed by atoms with Crippen molar-refractivity contribution in [3.63, 3.8) is 0 Å². The van der Waals surface area contributed by atoms with Crippen LogP contribution in [-0.4, -0.2) is 44.9 Å². The van der Waals surface area contributed by atoms with Crippen LogP contribution in [0.2, 0.25) is 0 Å². The SMILES string of the molecule is CCC(C)N(CCOC)C(CN)c1cccc(OC)c1. The molecule has 0 aliphatic rings. The summed E-state index contributed by atoms with van der Waals surface area (Å²) in [5.41, 5.74) is 7.24. The van der Waals surface area contributed by atoms with Crippen LogP contribution in [0, 0.1) is 0 Å². The summed E-state index contributed by atoms with van der Waals surface area (Å²) in [6.07, 6.45) is 1.09. The highest BCUT2D eigenvalue weighted by Crippen LogP contribution is 2.26. The Morgan fingerprint density at radius 1 is 1.30 bits per heavy atom. The molecule has 0 bridgehead atoms. The van der Waals surface area contributed by atoms with Crippen LogP contribution >= 0.6 is 0 Å². The van der Waals surface area contributed by atoms with E-state index in [0.29, 0.717) is 19.2 Å². The topological polar surface area (TPSA) is 47.7 Å². The first-order valence-electron chi connectivity index (χ1n) is 7.26. The minimum absolute atomic E-state index is 0.190. The fourth-order valence-electron chi connectivity index (χ4n) is 2.43. The highest BCUT2D eigenvalue weighted by molar-refractivity contribution is 5.30. The zero-order valence-electron chi connectivity index (χ0n) is 13.1. The van der Waals surface area contributed by atoms with Crippen molar-refractivity contribution in [2.45, 2.75) is 32.4 Å². The zero-order valence-corrected chi connectivity index (χ0v) is 13.1. The van der Waals surface area contributed by atoms with Gasteiger partial charge in [0, 0.05) is 32.3 Å². The van der Waals surface area contributed by atoms with Gasteiger partial charge in [-0.25, -0.2) is 0 Å². The van der Waals surface area contributed by atoms with E-state index in [0.717, 1.165) is 18.7 Å². The molecular formula is C16H28N2O2. The third-order valence-corrected chi connectivity index (χ3v) is 3.81. The minimum Gasteiger partial charge on any atom is -0.497 e. The highest BCUT2D eigenvalue weighted by Gasteiger charge is 2.23. The second-order valence-electron chi connectivity index (χ2n) is 5.02. The lowest BCUT2D eigenvalue weighted by molar-refractivity contribution is 0.0902. The van der Waals surface area contributed by atoms with Gasteiger partial charge >= 0.3 is 0 Å². The van der Waals surface area contributed by atoms with Crippen LogP contribution in [0.4, 0.5) is 0 Å². The van der Waals surface area contributed by atoms with Gasteiger partial charge in [-0.1, -0.05) is 19.1 Å². The summed E-state index contributed by atoms with van der Waals surface area (Å²) in [5, 5.41) is 0. The lowest BCUT2D eigenvalue weighted by Gasteiger charge is -2.36. The highest BCUT2D eigenvalue weighted by atomic mass is 16.5. The van der Waals surface area contributed by atoms with Crippen molar-refractivity contribution >= 4 is 0 Å². The lowest BCUT2D eigenvalue weighted by Crippen LogP contribution is -2.41. The summed E-state index contributed by atoms with van der Waals surface area (Å²) >= 11 is 0. The van der Waals surface area contributed by atoms with Gasteiger partial charge in [0.2, 0.25) is 0 Å². The van der Waals surface area contributed by atoms with Crippen LogP contribution in [0.5, 0.6) is 5.75 Å². The predicted octanol–water partition coefficient (Wildman–Crippen LogP) is 2.44. The smallest absolute Gasteiger partial charge is 0.119 e. The maximum atomic E-state index is 6.04. The maximum Gasteiger partial charge on any atom is 0.119 e. The van der Waals surface area contributed by atoms with Gasteiger partial charge in [-0.3, -0.25) is 4.90 Å². The van der Waals surface area contributed by atoms with Crippen molar-refractivity contribution in [3.8, 4) is 5.75 Å². The zero-order chi connectivity index (χ0) is 15.0. The van der Waals surface area contributed by atoms with E-state index in [9.17, 15) is 0 Å². The molecule has 20 heavy (non-hydrogen) atoms. The molecule has 0 radical (unpaired) electrons. The van der Waals surface area contributed by atoms with Crippen molar-refractivity contribution < 1.29 is 9.47 Å². The molecule has 4 nitrogen and oxygen atoms in total. The molecule has 0 aromatic heterocycles. The van der Waals surface area contributed by atoms with Crippen LogP contribution in [0.3, 0.4) is 0 Å². The summed E-state index contributed by atoms with van der Waals surface area (Å²) in [5.74, 6) is 0.872. The number of nitrogens with two attached hydrogens (primary N) is 1. The molecule has 0 saturated carbocycles. The van der Waals surface area contributed by atoms with Crippen molar-refractivity contribution in [2.75, 3.05) is 33.9 Å². The Labute approximate surface area is 122 Å². The van der Waals surface area contributed by atoms with Gasteiger partial charge in [0.15, 0.2) is 0 Å². The molecule has 114 valence electrons. The summed E-state index contributed by atoms with van der Waals surface area (Å²) in [6, 6.07) is 8.81. The monoisotopic (exact) mass is 280 g/mol. The number of ether oxygens (including phenoxy) is 2. The molecular weight excluding hydrogens is 252 g/mol. The molecule has 2 N–H and O–H groups in total. The van der Waals surface area contributed by atoms with Gasteiger partial charge in [-0.15, -0.1) is 0 Å².